The van der Waals surface area contributed by atoms with Gasteiger partial charge in [0.2, 0.25) is 10.0 Å². The van der Waals surface area contributed by atoms with Crippen LogP contribution in [0.3, 0.4) is 0 Å². The molecule has 1 atom stereocenters. The normalized spacial score (nSPS) is 13.1. The Morgan fingerprint density at radius 1 is 1.44 bits per heavy atom. The fourth-order valence-corrected chi connectivity index (χ4v) is 1.72. The van der Waals surface area contributed by atoms with Crippen LogP contribution in [0, 0.1) is 0 Å². The molecule has 0 unspecified atom stereocenters. The molecule has 0 bridgehead atoms. The van der Waals surface area contributed by atoms with Gasteiger partial charge in [0, 0.05) is 6.42 Å². The fraction of sp³-hybridized carbons (Fsp3) is 0.750. The summed E-state index contributed by atoms with van der Waals surface area (Å²) in [6.45, 7) is 1.83. The van der Waals surface area contributed by atoms with Gasteiger partial charge in [-0.15, -0.1) is 0 Å². The van der Waals surface area contributed by atoms with Crippen molar-refractivity contribution >= 4 is 22.0 Å². The Morgan fingerprint density at radius 2 is 2.00 bits per heavy atom. The lowest BCUT2D eigenvalue weighted by Gasteiger charge is -2.11. The first-order chi connectivity index (χ1) is 7.26. The van der Waals surface area contributed by atoms with Crippen LogP contribution in [-0.4, -0.2) is 44.4 Å². The third kappa shape index (κ3) is 7.18. The third-order valence-corrected chi connectivity index (χ3v) is 2.31. The highest BCUT2D eigenvalue weighted by atomic mass is 32.2. The number of sulfonamides is 1. The summed E-state index contributed by atoms with van der Waals surface area (Å²) in [7, 11) is -3.61. The number of hydrogen-bond donors (Lipinski definition) is 2. The van der Waals surface area contributed by atoms with Gasteiger partial charge < -0.3 is 9.84 Å². The van der Waals surface area contributed by atoms with Crippen molar-refractivity contribution < 1.29 is 27.9 Å². The van der Waals surface area contributed by atoms with E-state index >= 15 is 0 Å². The molecule has 0 radical (unpaired) electrons. The van der Waals surface area contributed by atoms with Crippen LogP contribution in [0.2, 0.25) is 0 Å². The summed E-state index contributed by atoms with van der Waals surface area (Å²) in [5, 5.41) is 8.70. The molecule has 0 aliphatic heterocycles. The molecule has 8 heteroatoms. The maximum absolute atomic E-state index is 10.9. The molecule has 7 nitrogen and oxygen atoms in total. The Balaban J connectivity index is 4.26. The molecule has 0 spiro atoms. The van der Waals surface area contributed by atoms with Gasteiger partial charge in [0.05, 0.1) is 12.9 Å². The first-order valence-corrected chi connectivity index (χ1v) is 6.51. The summed E-state index contributed by atoms with van der Waals surface area (Å²) in [5.41, 5.74) is 0. The van der Waals surface area contributed by atoms with Gasteiger partial charge in [-0.05, 0) is 13.3 Å². The van der Waals surface area contributed by atoms with Crippen LogP contribution in [0.1, 0.15) is 19.8 Å². The highest BCUT2D eigenvalue weighted by molar-refractivity contribution is 7.88. The molecule has 0 aromatic rings. The van der Waals surface area contributed by atoms with Crippen molar-refractivity contribution in [3.05, 3.63) is 0 Å². The molecule has 0 saturated carbocycles. The average Bonchev–Trinajstić information content (AvgIpc) is 2.10. The lowest BCUT2D eigenvalue weighted by Crippen LogP contribution is -2.40. The second-order valence-electron chi connectivity index (χ2n) is 3.12. The highest BCUT2D eigenvalue weighted by Crippen LogP contribution is 2.01. The molecular formula is C8H15NO6S. The molecule has 2 N–H and O–H groups in total. The van der Waals surface area contributed by atoms with E-state index in [1.807, 2.05) is 4.72 Å². The van der Waals surface area contributed by atoms with E-state index < -0.39 is 28.0 Å². The smallest absolute Gasteiger partial charge is 0.321 e. The first kappa shape index (κ1) is 14.8. The Bertz CT molecular complexity index is 350. The lowest BCUT2D eigenvalue weighted by molar-refractivity contribution is -0.144. The van der Waals surface area contributed by atoms with Crippen LogP contribution < -0.4 is 4.72 Å². The van der Waals surface area contributed by atoms with Crippen molar-refractivity contribution in [1.82, 2.24) is 4.72 Å². The number of carboxylic acids is 1. The van der Waals surface area contributed by atoms with E-state index in [4.69, 9.17) is 5.11 Å². The number of carboxylic acid groups (broad SMARTS) is 1. The molecule has 0 amide bonds. The quantitative estimate of drug-likeness (QED) is 0.582. The number of aliphatic carboxylic acids is 1. The zero-order chi connectivity index (χ0) is 12.8. The summed E-state index contributed by atoms with van der Waals surface area (Å²) in [4.78, 5) is 21.6. The summed E-state index contributed by atoms with van der Waals surface area (Å²) < 4.78 is 28.2. The van der Waals surface area contributed by atoms with Crippen LogP contribution in [0.15, 0.2) is 0 Å². The number of carbonyl (C=O) groups excluding carboxylic acids is 1. The van der Waals surface area contributed by atoms with Gasteiger partial charge >= 0.3 is 11.9 Å². The van der Waals surface area contributed by atoms with Crippen molar-refractivity contribution in [2.45, 2.75) is 25.8 Å². The van der Waals surface area contributed by atoms with Gasteiger partial charge in [-0.25, -0.2) is 13.1 Å². The topological polar surface area (TPSA) is 110 Å². The van der Waals surface area contributed by atoms with E-state index in [2.05, 4.69) is 4.74 Å². The zero-order valence-electron chi connectivity index (χ0n) is 9.10. The third-order valence-electron chi connectivity index (χ3n) is 1.60. The van der Waals surface area contributed by atoms with Crippen molar-refractivity contribution in [2.24, 2.45) is 0 Å². The number of rotatable bonds is 7. The molecule has 0 aromatic carbocycles. The average molecular weight is 253 g/mol. The monoisotopic (exact) mass is 253 g/mol. The molecule has 0 rings (SSSR count). The molecule has 16 heavy (non-hydrogen) atoms. The van der Waals surface area contributed by atoms with E-state index in [-0.39, 0.29) is 19.4 Å². The number of esters is 1. The largest absolute Gasteiger partial charge is 0.480 e. The van der Waals surface area contributed by atoms with E-state index in [9.17, 15) is 18.0 Å². The molecular weight excluding hydrogens is 238 g/mol. The minimum absolute atomic E-state index is 0.138. The van der Waals surface area contributed by atoms with Crippen LogP contribution in [0.4, 0.5) is 0 Å². The number of hydrogen-bond acceptors (Lipinski definition) is 5. The molecule has 0 heterocycles. The van der Waals surface area contributed by atoms with Crippen LogP contribution in [0.5, 0.6) is 0 Å². The summed E-state index contributed by atoms with van der Waals surface area (Å²) in [6, 6.07) is -1.31. The van der Waals surface area contributed by atoms with E-state index in [0.717, 1.165) is 6.26 Å². The maximum Gasteiger partial charge on any atom is 0.321 e. The van der Waals surface area contributed by atoms with E-state index in [1.54, 1.807) is 6.92 Å². The first-order valence-electron chi connectivity index (χ1n) is 4.62. The molecule has 0 saturated heterocycles. The molecule has 0 aromatic heterocycles. The molecule has 0 aliphatic rings. The van der Waals surface area contributed by atoms with E-state index in [0.29, 0.717) is 0 Å². The van der Waals surface area contributed by atoms with Crippen molar-refractivity contribution in [3.8, 4) is 0 Å². The van der Waals surface area contributed by atoms with Gasteiger partial charge in [0.25, 0.3) is 0 Å². The number of ether oxygens (including phenoxy) is 1. The minimum Gasteiger partial charge on any atom is -0.480 e. The van der Waals surface area contributed by atoms with Gasteiger partial charge in [-0.3, -0.25) is 9.59 Å². The standard InChI is InChI=1S/C8H15NO6S/c1-3-15-7(10)5-4-6(8(11)12)9-16(2,13)14/h6,9H,3-5H2,1-2H3,(H,11,12)/t6-/m0/s1. The number of carbonyl (C=O) groups is 2. The summed E-state index contributed by atoms with van der Waals surface area (Å²) in [6.07, 6.45) is 0.571. The predicted octanol–water partition coefficient (Wildman–Crippen LogP) is -0.668. The Hall–Kier alpha value is -1.15. The summed E-state index contributed by atoms with van der Waals surface area (Å²) >= 11 is 0. The van der Waals surface area contributed by atoms with Gasteiger partial charge in [-0.1, -0.05) is 0 Å². The summed E-state index contributed by atoms with van der Waals surface area (Å²) in [5.74, 6) is -1.88. The van der Waals surface area contributed by atoms with Crippen LogP contribution >= 0.6 is 0 Å². The van der Waals surface area contributed by atoms with Crippen LogP contribution in [-0.2, 0) is 24.3 Å². The zero-order valence-corrected chi connectivity index (χ0v) is 9.91. The number of nitrogens with one attached hydrogen (secondary N) is 1. The van der Waals surface area contributed by atoms with Crippen molar-refractivity contribution in [2.75, 3.05) is 12.9 Å². The van der Waals surface area contributed by atoms with Crippen LogP contribution in [0.25, 0.3) is 0 Å². The predicted molar refractivity (Wildman–Crippen MR) is 55.3 cm³/mol. The van der Waals surface area contributed by atoms with Crippen molar-refractivity contribution in [1.29, 1.82) is 0 Å². The molecule has 0 aliphatic carbocycles. The second kappa shape index (κ2) is 6.44. The minimum atomic E-state index is -3.61. The second-order valence-corrected chi connectivity index (χ2v) is 4.90. The Kier molecular flexibility index (Phi) is 5.97. The fourth-order valence-electron chi connectivity index (χ4n) is 0.987. The molecule has 94 valence electrons. The maximum atomic E-state index is 10.9. The Labute approximate surface area is 93.8 Å². The van der Waals surface area contributed by atoms with E-state index in [1.165, 1.54) is 0 Å². The van der Waals surface area contributed by atoms with Crippen molar-refractivity contribution in [3.63, 3.8) is 0 Å². The SMILES string of the molecule is CCOC(=O)CC[C@H](NS(C)(=O)=O)C(=O)O. The van der Waals surface area contributed by atoms with Gasteiger partial charge in [-0.2, -0.15) is 0 Å². The Morgan fingerprint density at radius 3 is 2.38 bits per heavy atom. The highest BCUT2D eigenvalue weighted by Gasteiger charge is 2.22. The molecule has 0 fully saturated rings. The van der Waals surface area contributed by atoms with Gasteiger partial charge in [0.1, 0.15) is 6.04 Å². The van der Waals surface area contributed by atoms with Gasteiger partial charge in [0.15, 0.2) is 0 Å². The lowest BCUT2D eigenvalue weighted by atomic mass is 10.2.